The third-order valence-corrected chi connectivity index (χ3v) is 5.03. The fourth-order valence-electron chi connectivity index (χ4n) is 3.73. The molecule has 5 heteroatoms. The first-order chi connectivity index (χ1) is 11.6. The van der Waals surface area contributed by atoms with Gasteiger partial charge in [-0.25, -0.2) is 8.78 Å². The Balaban J connectivity index is 1.60. The highest BCUT2D eigenvalue weighted by Crippen LogP contribution is 2.51. The van der Waals surface area contributed by atoms with E-state index >= 15 is 0 Å². The van der Waals surface area contributed by atoms with E-state index < -0.39 is 11.6 Å². The molecule has 4 rings (SSSR count). The Kier molecular flexibility index (Phi) is 3.52. The van der Waals surface area contributed by atoms with Crippen LogP contribution in [0.2, 0.25) is 0 Å². The van der Waals surface area contributed by atoms with Crippen LogP contribution in [0.3, 0.4) is 0 Å². The maximum Gasteiger partial charge on any atom is 0.230 e. The molecule has 1 amide bonds. The Labute approximate surface area is 139 Å². The van der Waals surface area contributed by atoms with Gasteiger partial charge in [-0.15, -0.1) is 0 Å². The van der Waals surface area contributed by atoms with Crippen molar-refractivity contribution in [3.8, 4) is 0 Å². The SMILES string of the molecule is Nc1cccc2c1CCCN2C(=O)C1CC1c1c(F)cccc1F. The van der Waals surface area contributed by atoms with Gasteiger partial charge in [0.2, 0.25) is 5.91 Å². The number of amides is 1. The molecule has 0 saturated heterocycles. The normalized spacial score (nSPS) is 22.2. The molecule has 2 aliphatic rings. The van der Waals surface area contributed by atoms with Gasteiger partial charge >= 0.3 is 0 Å². The highest BCUT2D eigenvalue weighted by Gasteiger charge is 2.48. The average molecular weight is 328 g/mol. The fourth-order valence-corrected chi connectivity index (χ4v) is 3.73. The zero-order valence-corrected chi connectivity index (χ0v) is 13.1. The smallest absolute Gasteiger partial charge is 0.230 e. The molecule has 2 aromatic carbocycles. The van der Waals surface area contributed by atoms with Crippen molar-refractivity contribution in [2.75, 3.05) is 17.2 Å². The number of hydrogen-bond acceptors (Lipinski definition) is 2. The summed E-state index contributed by atoms with van der Waals surface area (Å²) in [4.78, 5) is 14.6. The summed E-state index contributed by atoms with van der Waals surface area (Å²) in [7, 11) is 0. The number of halogens is 2. The first-order valence-corrected chi connectivity index (χ1v) is 8.20. The van der Waals surface area contributed by atoms with Crippen LogP contribution >= 0.6 is 0 Å². The summed E-state index contributed by atoms with van der Waals surface area (Å²) in [6, 6.07) is 9.40. The molecule has 124 valence electrons. The summed E-state index contributed by atoms with van der Waals surface area (Å²) in [5.74, 6) is -1.93. The van der Waals surface area contributed by atoms with Gasteiger partial charge in [-0.2, -0.15) is 0 Å². The molecule has 0 radical (unpaired) electrons. The lowest BCUT2D eigenvalue weighted by molar-refractivity contribution is -0.120. The molecule has 1 aliphatic heterocycles. The second kappa shape index (κ2) is 5.58. The number of anilines is 2. The van der Waals surface area contributed by atoms with Crippen molar-refractivity contribution < 1.29 is 13.6 Å². The van der Waals surface area contributed by atoms with E-state index in [1.807, 2.05) is 18.2 Å². The minimum absolute atomic E-state index is 0.0423. The van der Waals surface area contributed by atoms with Gasteiger partial charge < -0.3 is 10.6 Å². The van der Waals surface area contributed by atoms with Crippen LogP contribution in [-0.4, -0.2) is 12.5 Å². The summed E-state index contributed by atoms with van der Waals surface area (Å²) in [6.07, 6.45) is 2.19. The number of carbonyl (C=O) groups excluding carboxylic acids is 1. The van der Waals surface area contributed by atoms with Crippen molar-refractivity contribution in [2.45, 2.75) is 25.2 Å². The zero-order chi connectivity index (χ0) is 16.8. The predicted molar refractivity (Wildman–Crippen MR) is 88.7 cm³/mol. The van der Waals surface area contributed by atoms with Crippen LogP contribution in [0.1, 0.15) is 29.9 Å². The molecule has 2 atom stereocenters. The molecule has 0 bridgehead atoms. The zero-order valence-electron chi connectivity index (χ0n) is 13.1. The second-order valence-electron chi connectivity index (χ2n) is 6.52. The molecule has 3 nitrogen and oxygen atoms in total. The minimum atomic E-state index is -0.571. The summed E-state index contributed by atoms with van der Waals surface area (Å²) < 4.78 is 27.9. The monoisotopic (exact) mass is 328 g/mol. The molecule has 2 N–H and O–H groups in total. The number of nitrogens with zero attached hydrogens (tertiary/aromatic N) is 1. The van der Waals surface area contributed by atoms with Crippen LogP contribution in [0, 0.1) is 17.6 Å². The van der Waals surface area contributed by atoms with Crippen LogP contribution in [0.15, 0.2) is 36.4 Å². The summed E-state index contributed by atoms with van der Waals surface area (Å²) in [5, 5.41) is 0. The van der Waals surface area contributed by atoms with Crippen molar-refractivity contribution in [2.24, 2.45) is 5.92 Å². The van der Waals surface area contributed by atoms with Crippen LogP contribution in [0.4, 0.5) is 20.2 Å². The van der Waals surface area contributed by atoms with Gasteiger partial charge in [-0.1, -0.05) is 12.1 Å². The molecule has 0 aromatic heterocycles. The standard InChI is InChI=1S/C19H18F2N2O/c20-14-5-1-6-15(21)18(14)12-10-13(12)19(24)23-9-3-4-11-16(22)7-2-8-17(11)23/h1-2,5-8,12-13H,3-4,9-10,22H2. The molecule has 1 fully saturated rings. The molecule has 1 saturated carbocycles. The van der Waals surface area contributed by atoms with Crippen LogP contribution in [0.5, 0.6) is 0 Å². The number of nitrogen functional groups attached to an aromatic ring is 1. The molecule has 2 aromatic rings. The quantitative estimate of drug-likeness (QED) is 0.856. The maximum atomic E-state index is 13.9. The molecule has 24 heavy (non-hydrogen) atoms. The van der Waals surface area contributed by atoms with Gasteiger partial charge in [0.1, 0.15) is 11.6 Å². The number of hydrogen-bond donors (Lipinski definition) is 1. The Hall–Kier alpha value is -2.43. The number of rotatable bonds is 2. The molecule has 0 spiro atoms. The van der Waals surface area contributed by atoms with Crippen molar-refractivity contribution in [3.05, 3.63) is 59.2 Å². The third-order valence-electron chi connectivity index (χ3n) is 5.03. The predicted octanol–water partition coefficient (Wildman–Crippen LogP) is 3.63. The van der Waals surface area contributed by atoms with Gasteiger partial charge in [0.15, 0.2) is 0 Å². The van der Waals surface area contributed by atoms with Gasteiger partial charge in [0.05, 0.1) is 0 Å². The first kappa shape index (κ1) is 15.1. The highest BCUT2D eigenvalue weighted by molar-refractivity contribution is 5.99. The van der Waals surface area contributed by atoms with Crippen molar-refractivity contribution in [1.82, 2.24) is 0 Å². The molecule has 2 unspecified atom stereocenters. The van der Waals surface area contributed by atoms with E-state index in [2.05, 4.69) is 0 Å². The Morgan fingerprint density at radius 3 is 2.58 bits per heavy atom. The highest BCUT2D eigenvalue weighted by atomic mass is 19.1. The Bertz CT molecular complexity index is 801. The Morgan fingerprint density at radius 2 is 1.83 bits per heavy atom. The number of nitrogens with two attached hydrogens (primary N) is 1. The lowest BCUT2D eigenvalue weighted by Crippen LogP contribution is -2.37. The molecule has 1 heterocycles. The van der Waals surface area contributed by atoms with E-state index in [1.165, 1.54) is 18.2 Å². The molecule has 1 aliphatic carbocycles. The van der Waals surface area contributed by atoms with E-state index in [0.29, 0.717) is 18.7 Å². The van der Waals surface area contributed by atoms with Crippen molar-refractivity contribution in [3.63, 3.8) is 0 Å². The van der Waals surface area contributed by atoms with E-state index in [-0.39, 0.29) is 23.3 Å². The van der Waals surface area contributed by atoms with Crippen molar-refractivity contribution in [1.29, 1.82) is 0 Å². The van der Waals surface area contributed by atoms with E-state index in [9.17, 15) is 13.6 Å². The van der Waals surface area contributed by atoms with E-state index in [1.54, 1.807) is 4.90 Å². The van der Waals surface area contributed by atoms with E-state index in [4.69, 9.17) is 5.73 Å². The lowest BCUT2D eigenvalue weighted by Gasteiger charge is -2.30. The largest absolute Gasteiger partial charge is 0.398 e. The molecular formula is C19H18F2N2O. The van der Waals surface area contributed by atoms with Crippen molar-refractivity contribution >= 4 is 17.3 Å². The summed E-state index contributed by atoms with van der Waals surface area (Å²) in [6.45, 7) is 0.623. The minimum Gasteiger partial charge on any atom is -0.398 e. The summed E-state index contributed by atoms with van der Waals surface area (Å²) in [5.41, 5.74) is 8.58. The number of benzene rings is 2. The maximum absolute atomic E-state index is 13.9. The van der Waals surface area contributed by atoms with E-state index in [0.717, 1.165) is 24.1 Å². The second-order valence-corrected chi connectivity index (χ2v) is 6.52. The summed E-state index contributed by atoms with van der Waals surface area (Å²) >= 11 is 0. The van der Waals surface area contributed by atoms with Gasteiger partial charge in [0.25, 0.3) is 0 Å². The number of carbonyl (C=O) groups is 1. The van der Waals surface area contributed by atoms with Crippen LogP contribution in [-0.2, 0) is 11.2 Å². The van der Waals surface area contributed by atoms with Gasteiger partial charge in [-0.3, -0.25) is 4.79 Å². The lowest BCUT2D eigenvalue weighted by atomic mass is 9.99. The Morgan fingerprint density at radius 1 is 1.12 bits per heavy atom. The average Bonchev–Trinajstić information content (AvgIpc) is 3.34. The molecular weight excluding hydrogens is 310 g/mol. The number of fused-ring (bicyclic) bond motifs is 1. The van der Waals surface area contributed by atoms with Gasteiger partial charge in [0, 0.05) is 35.3 Å². The van der Waals surface area contributed by atoms with Gasteiger partial charge in [-0.05, 0) is 49.1 Å². The fraction of sp³-hybridized carbons (Fsp3) is 0.316. The van der Waals surface area contributed by atoms with Crippen LogP contribution in [0.25, 0.3) is 0 Å². The first-order valence-electron chi connectivity index (χ1n) is 8.20. The van der Waals surface area contributed by atoms with Crippen LogP contribution < -0.4 is 10.6 Å². The third kappa shape index (κ3) is 2.35. The topological polar surface area (TPSA) is 46.3 Å².